The van der Waals surface area contributed by atoms with Gasteiger partial charge in [0.05, 0.1) is 0 Å². The molecule has 0 aliphatic carbocycles. The van der Waals surface area contributed by atoms with Crippen molar-refractivity contribution < 1.29 is 28.6 Å². The molecule has 95 valence electrons. The summed E-state index contributed by atoms with van der Waals surface area (Å²) in [5, 5.41) is 0. The topological polar surface area (TPSA) is 78.9 Å². The third kappa shape index (κ3) is 3.89. The van der Waals surface area contributed by atoms with Crippen LogP contribution in [0.3, 0.4) is 0 Å². The van der Waals surface area contributed by atoms with Crippen molar-refractivity contribution in [1.82, 2.24) is 0 Å². The molecule has 0 amide bonds. The van der Waals surface area contributed by atoms with E-state index in [-0.39, 0.29) is 17.2 Å². The second-order valence-corrected chi connectivity index (χ2v) is 3.28. The fraction of sp³-hybridized carbons (Fsp3) is 0.250. The average Bonchev–Trinajstić information content (AvgIpc) is 2.20. The third-order valence-corrected chi connectivity index (χ3v) is 1.62. The summed E-state index contributed by atoms with van der Waals surface area (Å²) in [6.45, 7) is 3.55. The normalized spacial score (nSPS) is 9.50. The van der Waals surface area contributed by atoms with E-state index in [4.69, 9.17) is 14.2 Å². The number of carbonyl (C=O) groups excluding carboxylic acids is 3. The van der Waals surface area contributed by atoms with Crippen molar-refractivity contribution in [2.75, 3.05) is 0 Å². The molecule has 0 atom stereocenters. The third-order valence-electron chi connectivity index (χ3n) is 1.62. The Morgan fingerprint density at radius 3 is 2.00 bits per heavy atom. The lowest BCUT2D eigenvalue weighted by molar-refractivity contribution is -0.135. The van der Waals surface area contributed by atoms with Crippen LogP contribution in [0.5, 0.6) is 17.2 Å². The molecular weight excluding hydrogens is 240 g/mol. The van der Waals surface area contributed by atoms with Crippen molar-refractivity contribution in [2.24, 2.45) is 0 Å². The Hall–Kier alpha value is -2.37. The molecule has 1 aromatic rings. The first-order chi connectivity index (χ1) is 8.40. The van der Waals surface area contributed by atoms with Crippen molar-refractivity contribution >= 4 is 17.9 Å². The van der Waals surface area contributed by atoms with Crippen LogP contribution in [0, 0.1) is 6.07 Å². The summed E-state index contributed by atoms with van der Waals surface area (Å²) >= 11 is 0. The molecule has 1 aromatic carbocycles. The summed E-state index contributed by atoms with van der Waals surface area (Å²) in [5.74, 6) is -2.14. The minimum Gasteiger partial charge on any atom is -0.423 e. The molecule has 6 heteroatoms. The van der Waals surface area contributed by atoms with Gasteiger partial charge >= 0.3 is 17.9 Å². The molecule has 0 N–H and O–H groups in total. The van der Waals surface area contributed by atoms with E-state index in [1.807, 2.05) is 0 Å². The van der Waals surface area contributed by atoms with Crippen LogP contribution in [0.15, 0.2) is 12.1 Å². The van der Waals surface area contributed by atoms with Gasteiger partial charge in [0.25, 0.3) is 0 Å². The largest absolute Gasteiger partial charge is 0.423 e. The lowest BCUT2D eigenvalue weighted by atomic mass is 10.3. The van der Waals surface area contributed by atoms with Gasteiger partial charge in [-0.3, -0.25) is 14.4 Å². The molecule has 0 spiro atoms. The highest BCUT2D eigenvalue weighted by Crippen LogP contribution is 2.37. The molecule has 0 bridgehead atoms. The van der Waals surface area contributed by atoms with Crippen LogP contribution in [0.25, 0.3) is 0 Å². The van der Waals surface area contributed by atoms with Gasteiger partial charge in [-0.25, -0.2) is 0 Å². The molecule has 0 aliphatic rings. The van der Waals surface area contributed by atoms with E-state index in [2.05, 4.69) is 6.07 Å². The Balaban J connectivity index is 3.19. The summed E-state index contributed by atoms with van der Waals surface area (Å²) in [5.41, 5.74) is 0. The fourth-order valence-corrected chi connectivity index (χ4v) is 1.14. The quantitative estimate of drug-likeness (QED) is 0.594. The highest BCUT2D eigenvalue weighted by Gasteiger charge is 2.17. The van der Waals surface area contributed by atoms with E-state index in [0.717, 1.165) is 0 Å². The zero-order chi connectivity index (χ0) is 13.7. The van der Waals surface area contributed by atoms with E-state index in [1.165, 1.54) is 32.9 Å². The zero-order valence-electron chi connectivity index (χ0n) is 10.1. The molecule has 1 radical (unpaired) electrons. The van der Waals surface area contributed by atoms with Gasteiger partial charge < -0.3 is 14.2 Å². The van der Waals surface area contributed by atoms with E-state index < -0.39 is 17.9 Å². The summed E-state index contributed by atoms with van der Waals surface area (Å²) in [6, 6.07) is 5.32. The maximum atomic E-state index is 11.0. The first kappa shape index (κ1) is 13.7. The van der Waals surface area contributed by atoms with E-state index >= 15 is 0 Å². The van der Waals surface area contributed by atoms with Crippen LogP contribution in [-0.4, -0.2) is 17.9 Å². The van der Waals surface area contributed by atoms with Crippen LogP contribution in [0.1, 0.15) is 20.8 Å². The van der Waals surface area contributed by atoms with Crippen LogP contribution >= 0.6 is 0 Å². The maximum absolute atomic E-state index is 11.0. The minimum absolute atomic E-state index is 0.0206. The zero-order valence-corrected chi connectivity index (χ0v) is 10.1. The molecule has 0 fully saturated rings. The van der Waals surface area contributed by atoms with Gasteiger partial charge in [-0.05, 0) is 12.1 Å². The predicted molar refractivity (Wildman–Crippen MR) is 59.2 cm³/mol. The summed E-state index contributed by atoms with van der Waals surface area (Å²) < 4.78 is 14.5. The van der Waals surface area contributed by atoms with Gasteiger partial charge in [0.15, 0.2) is 11.5 Å². The molecule has 0 saturated carbocycles. The number of esters is 3. The van der Waals surface area contributed by atoms with Crippen LogP contribution < -0.4 is 14.2 Å². The first-order valence-corrected chi connectivity index (χ1v) is 5.00. The van der Waals surface area contributed by atoms with E-state index in [9.17, 15) is 14.4 Å². The van der Waals surface area contributed by atoms with E-state index in [0.29, 0.717) is 0 Å². The lowest BCUT2D eigenvalue weighted by Gasteiger charge is -2.11. The maximum Gasteiger partial charge on any atom is 0.308 e. The monoisotopic (exact) mass is 251 g/mol. The summed E-state index contributed by atoms with van der Waals surface area (Å²) in [7, 11) is 0. The van der Waals surface area contributed by atoms with Gasteiger partial charge in [0.2, 0.25) is 5.75 Å². The van der Waals surface area contributed by atoms with Crippen molar-refractivity contribution in [3.63, 3.8) is 0 Å². The molecular formula is C12H11O6. The molecule has 0 aliphatic heterocycles. The van der Waals surface area contributed by atoms with Crippen molar-refractivity contribution in [1.29, 1.82) is 0 Å². The Kier molecular flexibility index (Phi) is 4.42. The van der Waals surface area contributed by atoms with Crippen molar-refractivity contribution in [3.05, 3.63) is 18.2 Å². The summed E-state index contributed by atoms with van der Waals surface area (Å²) in [6.07, 6.45) is 0. The number of rotatable bonds is 3. The molecule has 6 nitrogen and oxygen atoms in total. The average molecular weight is 251 g/mol. The number of carbonyl (C=O) groups is 3. The van der Waals surface area contributed by atoms with Gasteiger partial charge in [-0.2, -0.15) is 0 Å². The molecule has 0 aromatic heterocycles. The fourth-order valence-electron chi connectivity index (χ4n) is 1.14. The van der Waals surface area contributed by atoms with Crippen LogP contribution in [-0.2, 0) is 14.4 Å². The Labute approximate surface area is 103 Å². The highest BCUT2D eigenvalue weighted by molar-refractivity contribution is 5.77. The number of benzene rings is 1. The SMILES string of the molecule is CC(=O)Oc1[c]ccc(OC(C)=O)c1OC(C)=O. The van der Waals surface area contributed by atoms with Crippen LogP contribution in [0.2, 0.25) is 0 Å². The molecule has 1 rings (SSSR count). The smallest absolute Gasteiger partial charge is 0.308 e. The summed E-state index contributed by atoms with van der Waals surface area (Å²) in [4.78, 5) is 32.8. The second kappa shape index (κ2) is 5.81. The Morgan fingerprint density at radius 2 is 1.50 bits per heavy atom. The molecule has 0 heterocycles. The van der Waals surface area contributed by atoms with Crippen molar-refractivity contribution in [2.45, 2.75) is 20.8 Å². The van der Waals surface area contributed by atoms with Gasteiger partial charge in [-0.15, -0.1) is 0 Å². The van der Waals surface area contributed by atoms with Gasteiger partial charge in [0.1, 0.15) is 0 Å². The van der Waals surface area contributed by atoms with Gasteiger partial charge in [-0.1, -0.05) is 0 Å². The number of ether oxygens (including phenoxy) is 3. The van der Waals surface area contributed by atoms with Gasteiger partial charge in [0, 0.05) is 26.8 Å². The molecule has 18 heavy (non-hydrogen) atoms. The van der Waals surface area contributed by atoms with Crippen LogP contribution in [0.4, 0.5) is 0 Å². The number of hydrogen-bond donors (Lipinski definition) is 0. The minimum atomic E-state index is -0.642. The van der Waals surface area contributed by atoms with E-state index in [1.54, 1.807) is 0 Å². The second-order valence-electron chi connectivity index (χ2n) is 3.28. The Morgan fingerprint density at radius 1 is 0.944 bits per heavy atom. The first-order valence-electron chi connectivity index (χ1n) is 5.00. The Bertz CT molecular complexity index is 457. The molecule has 0 unspecified atom stereocenters. The van der Waals surface area contributed by atoms with Crippen molar-refractivity contribution in [3.8, 4) is 17.2 Å². The molecule has 0 saturated heterocycles. The predicted octanol–water partition coefficient (Wildman–Crippen LogP) is 1.26. The number of hydrogen-bond acceptors (Lipinski definition) is 6. The standard InChI is InChI=1S/C12H11O6/c1-7(13)16-10-5-4-6-11(17-8(2)14)12(10)18-9(3)15/h4-5H,1-3H3. The highest BCUT2D eigenvalue weighted by atomic mass is 16.6. The lowest BCUT2D eigenvalue weighted by Crippen LogP contribution is -2.10.